The van der Waals surface area contributed by atoms with Crippen molar-refractivity contribution in [1.29, 1.82) is 5.26 Å². The Balaban J connectivity index is 2.70. The van der Waals surface area contributed by atoms with Gasteiger partial charge >= 0.3 is 0 Å². The number of sulfonamides is 1. The van der Waals surface area contributed by atoms with Gasteiger partial charge in [0.05, 0.1) is 11.8 Å². The largest absolute Gasteiger partial charge is 0.214 e. The fourth-order valence-electron chi connectivity index (χ4n) is 2.03. The summed E-state index contributed by atoms with van der Waals surface area (Å²) in [6.07, 6.45) is 4.05. The van der Waals surface area contributed by atoms with E-state index in [1.807, 2.05) is 0 Å². The van der Waals surface area contributed by atoms with Gasteiger partial charge < -0.3 is 0 Å². The molecule has 0 saturated carbocycles. The number of nitrogens with zero attached hydrogens (tertiary/aromatic N) is 2. The van der Waals surface area contributed by atoms with E-state index < -0.39 is 10.0 Å². The molecule has 0 N–H and O–H groups in total. The zero-order valence-electron chi connectivity index (χ0n) is 9.15. The average Bonchev–Trinajstić information content (AvgIpc) is 2.26. The molecule has 1 heterocycles. The van der Waals surface area contributed by atoms with Gasteiger partial charge in [-0.15, -0.1) is 0 Å². The smallest absolute Gasteiger partial charge is 0.212 e. The van der Waals surface area contributed by atoms with Crippen molar-refractivity contribution in [2.24, 2.45) is 0 Å². The SMILES string of the molecule is CCS(=O)(=O)N1CCCCC1CCC#N. The first-order chi connectivity index (χ1) is 7.11. The van der Waals surface area contributed by atoms with E-state index in [2.05, 4.69) is 6.07 Å². The summed E-state index contributed by atoms with van der Waals surface area (Å²) in [7, 11) is -3.08. The van der Waals surface area contributed by atoms with Gasteiger partial charge in [0, 0.05) is 19.0 Å². The Labute approximate surface area is 91.9 Å². The highest BCUT2D eigenvalue weighted by atomic mass is 32.2. The van der Waals surface area contributed by atoms with Crippen LogP contribution in [0.1, 0.15) is 39.0 Å². The summed E-state index contributed by atoms with van der Waals surface area (Å²) in [5, 5.41) is 8.53. The summed E-state index contributed by atoms with van der Waals surface area (Å²) >= 11 is 0. The second-order valence-electron chi connectivity index (χ2n) is 3.86. The summed E-state index contributed by atoms with van der Waals surface area (Å²) in [5.74, 6) is 0.163. The third kappa shape index (κ3) is 3.18. The Kier molecular flexibility index (Phi) is 4.55. The molecule has 1 rings (SSSR count). The fourth-order valence-corrected chi connectivity index (χ4v) is 3.43. The standard InChI is InChI=1S/C10H18N2O2S/c1-2-15(13,14)12-9-4-3-6-10(12)7-5-8-11/h10H,2-7,9H2,1H3. The van der Waals surface area contributed by atoms with Crippen LogP contribution in [0.3, 0.4) is 0 Å². The maximum Gasteiger partial charge on any atom is 0.214 e. The molecular formula is C10H18N2O2S. The molecular weight excluding hydrogens is 212 g/mol. The number of hydrogen-bond donors (Lipinski definition) is 0. The summed E-state index contributed by atoms with van der Waals surface area (Å²) in [6.45, 7) is 2.30. The van der Waals surface area contributed by atoms with Crippen molar-refractivity contribution >= 4 is 10.0 Å². The van der Waals surface area contributed by atoms with Crippen LogP contribution in [0.4, 0.5) is 0 Å². The zero-order valence-corrected chi connectivity index (χ0v) is 9.96. The molecule has 4 nitrogen and oxygen atoms in total. The van der Waals surface area contributed by atoms with E-state index in [1.165, 1.54) is 0 Å². The van der Waals surface area contributed by atoms with Crippen LogP contribution >= 0.6 is 0 Å². The van der Waals surface area contributed by atoms with Crippen LogP contribution in [0.2, 0.25) is 0 Å². The van der Waals surface area contributed by atoms with Crippen molar-refractivity contribution < 1.29 is 8.42 Å². The van der Waals surface area contributed by atoms with Crippen molar-refractivity contribution in [3.05, 3.63) is 0 Å². The first-order valence-electron chi connectivity index (χ1n) is 5.48. The number of nitriles is 1. The Bertz CT molecular complexity index is 332. The Morgan fingerprint density at radius 2 is 2.20 bits per heavy atom. The predicted molar refractivity (Wildman–Crippen MR) is 58.7 cm³/mol. The van der Waals surface area contributed by atoms with Crippen molar-refractivity contribution in [3.63, 3.8) is 0 Å². The van der Waals surface area contributed by atoms with Crippen LogP contribution in [0.15, 0.2) is 0 Å². The summed E-state index contributed by atoms with van der Waals surface area (Å²) in [6, 6.07) is 2.14. The zero-order chi connectivity index (χ0) is 11.3. The summed E-state index contributed by atoms with van der Waals surface area (Å²) in [4.78, 5) is 0. The molecule has 1 aliphatic rings. The maximum absolute atomic E-state index is 11.8. The highest BCUT2D eigenvalue weighted by Gasteiger charge is 2.30. The number of piperidine rings is 1. The van der Waals surface area contributed by atoms with E-state index in [0.29, 0.717) is 19.4 Å². The molecule has 86 valence electrons. The van der Waals surface area contributed by atoms with Gasteiger partial charge in [0.25, 0.3) is 0 Å². The van der Waals surface area contributed by atoms with Crippen LogP contribution in [0, 0.1) is 11.3 Å². The molecule has 0 radical (unpaired) electrons. The van der Waals surface area contributed by atoms with Gasteiger partial charge in [0.1, 0.15) is 0 Å². The molecule has 0 amide bonds. The monoisotopic (exact) mass is 230 g/mol. The Hall–Kier alpha value is -0.600. The summed E-state index contributed by atoms with van der Waals surface area (Å²) in [5.41, 5.74) is 0. The first kappa shape index (κ1) is 12.5. The van der Waals surface area contributed by atoms with Crippen LogP contribution < -0.4 is 0 Å². The molecule has 0 aromatic carbocycles. The van der Waals surface area contributed by atoms with E-state index in [-0.39, 0.29) is 11.8 Å². The van der Waals surface area contributed by atoms with Gasteiger partial charge in [-0.3, -0.25) is 0 Å². The van der Waals surface area contributed by atoms with Gasteiger partial charge in [-0.05, 0) is 26.2 Å². The van der Waals surface area contributed by atoms with Gasteiger partial charge in [0.2, 0.25) is 10.0 Å². The van der Waals surface area contributed by atoms with Crippen LogP contribution in [-0.4, -0.2) is 31.1 Å². The van der Waals surface area contributed by atoms with E-state index >= 15 is 0 Å². The van der Waals surface area contributed by atoms with Crippen molar-refractivity contribution in [3.8, 4) is 6.07 Å². The molecule has 0 aromatic rings. The molecule has 0 aromatic heterocycles. The predicted octanol–water partition coefficient (Wildman–Crippen LogP) is 1.49. The molecule has 15 heavy (non-hydrogen) atoms. The maximum atomic E-state index is 11.8. The Morgan fingerprint density at radius 3 is 2.80 bits per heavy atom. The van der Waals surface area contributed by atoms with Crippen molar-refractivity contribution in [1.82, 2.24) is 4.31 Å². The Morgan fingerprint density at radius 1 is 1.47 bits per heavy atom. The topological polar surface area (TPSA) is 61.2 Å². The molecule has 1 saturated heterocycles. The van der Waals surface area contributed by atoms with E-state index in [0.717, 1.165) is 19.3 Å². The fraction of sp³-hybridized carbons (Fsp3) is 0.900. The van der Waals surface area contributed by atoms with Gasteiger partial charge in [0.15, 0.2) is 0 Å². The first-order valence-corrected chi connectivity index (χ1v) is 7.09. The lowest BCUT2D eigenvalue weighted by Crippen LogP contribution is -2.44. The minimum Gasteiger partial charge on any atom is -0.212 e. The molecule has 5 heteroatoms. The molecule has 0 aliphatic carbocycles. The summed E-state index contributed by atoms with van der Waals surface area (Å²) < 4.78 is 25.1. The van der Waals surface area contributed by atoms with Gasteiger partial charge in [-0.1, -0.05) is 6.42 Å². The van der Waals surface area contributed by atoms with E-state index in [1.54, 1.807) is 11.2 Å². The highest BCUT2D eigenvalue weighted by Crippen LogP contribution is 2.23. The molecule has 1 atom stereocenters. The molecule has 1 aliphatic heterocycles. The minimum atomic E-state index is -3.08. The van der Waals surface area contributed by atoms with Crippen molar-refractivity contribution in [2.75, 3.05) is 12.3 Å². The third-order valence-corrected chi connectivity index (χ3v) is 4.81. The van der Waals surface area contributed by atoms with E-state index in [9.17, 15) is 8.42 Å². The normalized spacial score (nSPS) is 23.6. The molecule has 0 spiro atoms. The second kappa shape index (κ2) is 5.47. The molecule has 0 bridgehead atoms. The number of hydrogen-bond acceptors (Lipinski definition) is 3. The highest BCUT2D eigenvalue weighted by molar-refractivity contribution is 7.89. The molecule has 1 fully saturated rings. The second-order valence-corrected chi connectivity index (χ2v) is 6.07. The van der Waals surface area contributed by atoms with Crippen LogP contribution in [0.5, 0.6) is 0 Å². The lowest BCUT2D eigenvalue weighted by Gasteiger charge is -2.34. The van der Waals surface area contributed by atoms with Crippen LogP contribution in [0.25, 0.3) is 0 Å². The van der Waals surface area contributed by atoms with Gasteiger partial charge in [-0.25, -0.2) is 8.42 Å². The van der Waals surface area contributed by atoms with Crippen molar-refractivity contribution in [2.45, 2.75) is 45.1 Å². The quantitative estimate of drug-likeness (QED) is 0.735. The van der Waals surface area contributed by atoms with Gasteiger partial charge in [-0.2, -0.15) is 9.57 Å². The van der Waals surface area contributed by atoms with E-state index in [4.69, 9.17) is 5.26 Å². The van der Waals surface area contributed by atoms with Crippen LogP contribution in [-0.2, 0) is 10.0 Å². The lowest BCUT2D eigenvalue weighted by molar-refractivity contribution is 0.243. The minimum absolute atomic E-state index is 0.0587. The number of rotatable bonds is 4. The average molecular weight is 230 g/mol. The molecule has 1 unspecified atom stereocenters. The third-order valence-electron chi connectivity index (χ3n) is 2.88. The lowest BCUT2D eigenvalue weighted by atomic mass is 10.0.